The van der Waals surface area contributed by atoms with Crippen molar-refractivity contribution in [2.24, 2.45) is 0 Å². The molecule has 0 amide bonds. The van der Waals surface area contributed by atoms with Crippen LogP contribution in [0.15, 0.2) is 24.3 Å². The lowest BCUT2D eigenvalue weighted by Gasteiger charge is -2.09. The fraction of sp³-hybridized carbons (Fsp3) is 0.231. The van der Waals surface area contributed by atoms with Gasteiger partial charge >= 0.3 is 0 Å². The van der Waals surface area contributed by atoms with Crippen LogP contribution in [0, 0.1) is 6.92 Å². The summed E-state index contributed by atoms with van der Waals surface area (Å²) < 4.78 is 0. The molecule has 0 saturated carbocycles. The molecule has 0 spiro atoms. The molecule has 96 valence electrons. The van der Waals surface area contributed by atoms with Crippen LogP contribution in [0.2, 0.25) is 0 Å². The third-order valence-electron chi connectivity index (χ3n) is 2.95. The van der Waals surface area contributed by atoms with Gasteiger partial charge in [0.15, 0.2) is 0 Å². The van der Waals surface area contributed by atoms with Gasteiger partial charge in [-0.15, -0.1) is 21.5 Å². The minimum absolute atomic E-state index is 0.00175. The fourth-order valence-corrected chi connectivity index (χ4v) is 2.66. The van der Waals surface area contributed by atoms with E-state index in [1.807, 2.05) is 38.1 Å². The number of nitrogens with zero attached hydrogens (tertiary/aromatic N) is 4. The van der Waals surface area contributed by atoms with Crippen molar-refractivity contribution in [1.82, 2.24) is 20.2 Å². The minimum Gasteiger partial charge on any atom is -0.383 e. The zero-order valence-corrected chi connectivity index (χ0v) is 11.5. The molecule has 19 heavy (non-hydrogen) atoms. The molecule has 3 rings (SSSR count). The van der Waals surface area contributed by atoms with E-state index in [1.54, 1.807) is 11.3 Å². The normalized spacial score (nSPS) is 12.7. The first-order valence-corrected chi connectivity index (χ1v) is 6.79. The number of para-hydroxylation sites is 1. The summed E-state index contributed by atoms with van der Waals surface area (Å²) in [6.45, 7) is 3.95. The van der Waals surface area contributed by atoms with Gasteiger partial charge in [-0.25, -0.2) is 9.97 Å². The van der Waals surface area contributed by atoms with E-state index >= 15 is 0 Å². The first-order valence-electron chi connectivity index (χ1n) is 5.97. The maximum absolute atomic E-state index is 5.99. The molecule has 0 aliphatic heterocycles. The summed E-state index contributed by atoms with van der Waals surface area (Å²) in [6, 6.07) is 7.74. The number of aromatic nitrogens is 4. The number of fused-ring (bicyclic) bond motifs is 1. The quantitative estimate of drug-likeness (QED) is 0.775. The highest BCUT2D eigenvalue weighted by atomic mass is 32.1. The highest BCUT2D eigenvalue weighted by Gasteiger charge is 2.17. The summed E-state index contributed by atoms with van der Waals surface area (Å²) in [4.78, 5) is 8.96. The molecule has 6 heteroatoms. The van der Waals surface area contributed by atoms with Crippen molar-refractivity contribution in [3.05, 3.63) is 40.1 Å². The molecule has 2 N–H and O–H groups in total. The second-order valence-corrected chi connectivity index (χ2v) is 5.58. The van der Waals surface area contributed by atoms with E-state index in [-0.39, 0.29) is 5.92 Å². The third-order valence-corrected chi connectivity index (χ3v) is 3.97. The van der Waals surface area contributed by atoms with Gasteiger partial charge in [0.25, 0.3) is 0 Å². The maximum atomic E-state index is 5.99. The maximum Gasteiger partial charge on any atom is 0.141 e. The Labute approximate surface area is 114 Å². The molecule has 1 atom stereocenters. The highest BCUT2D eigenvalue weighted by molar-refractivity contribution is 7.11. The average molecular weight is 271 g/mol. The van der Waals surface area contributed by atoms with Gasteiger partial charge in [-0.3, -0.25) is 0 Å². The predicted octanol–water partition coefficient (Wildman–Crippen LogP) is 2.52. The zero-order valence-electron chi connectivity index (χ0n) is 10.7. The molecule has 5 nitrogen and oxygen atoms in total. The summed E-state index contributed by atoms with van der Waals surface area (Å²) in [5.74, 6) is 1.19. The Balaban J connectivity index is 2.10. The summed E-state index contributed by atoms with van der Waals surface area (Å²) in [6.07, 6.45) is 0. The molecule has 0 radical (unpaired) electrons. The van der Waals surface area contributed by atoms with E-state index in [0.29, 0.717) is 11.6 Å². The molecular formula is C13H13N5S. The molecule has 1 aromatic carbocycles. The van der Waals surface area contributed by atoms with Gasteiger partial charge in [0, 0.05) is 5.39 Å². The van der Waals surface area contributed by atoms with Gasteiger partial charge in [-0.2, -0.15) is 0 Å². The Morgan fingerprint density at radius 3 is 2.68 bits per heavy atom. The van der Waals surface area contributed by atoms with Crippen molar-refractivity contribution in [2.75, 3.05) is 5.73 Å². The van der Waals surface area contributed by atoms with Crippen LogP contribution in [-0.2, 0) is 0 Å². The second-order valence-electron chi connectivity index (χ2n) is 4.37. The van der Waals surface area contributed by atoms with Crippen LogP contribution < -0.4 is 5.73 Å². The average Bonchev–Trinajstić information content (AvgIpc) is 2.84. The highest BCUT2D eigenvalue weighted by Crippen LogP contribution is 2.27. The molecule has 0 aliphatic rings. The van der Waals surface area contributed by atoms with Crippen molar-refractivity contribution < 1.29 is 0 Å². The SMILES string of the molecule is Cc1nnc(C(C)c2nc(N)c3ccccc3n2)s1. The van der Waals surface area contributed by atoms with Gasteiger partial charge < -0.3 is 5.73 Å². The van der Waals surface area contributed by atoms with Crippen molar-refractivity contribution in [1.29, 1.82) is 0 Å². The van der Waals surface area contributed by atoms with E-state index < -0.39 is 0 Å². The van der Waals surface area contributed by atoms with E-state index in [4.69, 9.17) is 5.73 Å². The lowest BCUT2D eigenvalue weighted by atomic mass is 10.1. The molecule has 2 aromatic heterocycles. The van der Waals surface area contributed by atoms with Crippen LogP contribution in [0.25, 0.3) is 10.9 Å². The van der Waals surface area contributed by atoms with Gasteiger partial charge in [0.05, 0.1) is 11.4 Å². The van der Waals surface area contributed by atoms with Crippen LogP contribution in [0.5, 0.6) is 0 Å². The van der Waals surface area contributed by atoms with Crippen LogP contribution >= 0.6 is 11.3 Å². The first kappa shape index (κ1) is 12.0. The lowest BCUT2D eigenvalue weighted by molar-refractivity contribution is 0.798. The third kappa shape index (κ3) is 2.15. The largest absolute Gasteiger partial charge is 0.383 e. The van der Waals surface area contributed by atoms with Gasteiger partial charge in [0.1, 0.15) is 21.7 Å². The number of nitrogen functional groups attached to an aromatic ring is 1. The van der Waals surface area contributed by atoms with Gasteiger partial charge in [-0.1, -0.05) is 12.1 Å². The van der Waals surface area contributed by atoms with Crippen LogP contribution in [0.1, 0.15) is 28.7 Å². The number of hydrogen-bond donors (Lipinski definition) is 1. The first-order chi connectivity index (χ1) is 9.15. The number of rotatable bonds is 2. The number of aryl methyl sites for hydroxylation is 1. The Bertz CT molecular complexity index is 737. The Kier molecular flexibility index (Phi) is 2.87. The fourth-order valence-electron chi connectivity index (χ4n) is 1.91. The molecule has 0 saturated heterocycles. The molecular weight excluding hydrogens is 258 g/mol. The Morgan fingerprint density at radius 2 is 1.95 bits per heavy atom. The molecule has 0 aliphatic carbocycles. The van der Waals surface area contributed by atoms with Gasteiger partial charge in [0.2, 0.25) is 0 Å². The number of nitrogens with two attached hydrogens (primary N) is 1. The Hall–Kier alpha value is -2.08. The standard InChI is InChI=1S/C13H13N5S/c1-7(13-18-17-8(2)19-13)12-15-10-6-4-3-5-9(10)11(14)16-12/h3-7H,1-2H3,(H2,14,15,16). The topological polar surface area (TPSA) is 77.6 Å². The van der Waals surface area contributed by atoms with Crippen molar-refractivity contribution >= 4 is 28.1 Å². The summed E-state index contributed by atoms with van der Waals surface area (Å²) >= 11 is 1.56. The Morgan fingerprint density at radius 1 is 1.16 bits per heavy atom. The number of anilines is 1. The summed E-state index contributed by atoms with van der Waals surface area (Å²) in [7, 11) is 0. The summed E-state index contributed by atoms with van der Waals surface area (Å²) in [5.41, 5.74) is 6.85. The van der Waals surface area contributed by atoms with Gasteiger partial charge in [-0.05, 0) is 26.0 Å². The van der Waals surface area contributed by atoms with Crippen molar-refractivity contribution in [3.63, 3.8) is 0 Å². The predicted molar refractivity (Wildman–Crippen MR) is 76.1 cm³/mol. The van der Waals surface area contributed by atoms with E-state index in [0.717, 1.165) is 20.9 Å². The van der Waals surface area contributed by atoms with Crippen LogP contribution in [0.3, 0.4) is 0 Å². The van der Waals surface area contributed by atoms with E-state index in [2.05, 4.69) is 20.2 Å². The number of hydrogen-bond acceptors (Lipinski definition) is 6. The molecule has 3 aromatic rings. The smallest absolute Gasteiger partial charge is 0.141 e. The second kappa shape index (κ2) is 4.55. The summed E-state index contributed by atoms with van der Waals surface area (Å²) in [5, 5.41) is 10.9. The molecule has 1 unspecified atom stereocenters. The van der Waals surface area contributed by atoms with E-state index in [1.165, 1.54) is 0 Å². The van der Waals surface area contributed by atoms with Crippen LogP contribution in [0.4, 0.5) is 5.82 Å². The monoisotopic (exact) mass is 271 g/mol. The molecule has 0 bridgehead atoms. The minimum atomic E-state index is -0.00175. The number of benzene rings is 1. The van der Waals surface area contributed by atoms with Crippen molar-refractivity contribution in [2.45, 2.75) is 19.8 Å². The zero-order chi connectivity index (χ0) is 13.4. The van der Waals surface area contributed by atoms with Crippen LogP contribution in [-0.4, -0.2) is 20.2 Å². The molecule has 2 heterocycles. The van der Waals surface area contributed by atoms with Crippen molar-refractivity contribution in [3.8, 4) is 0 Å². The molecule has 0 fully saturated rings. The lowest BCUT2D eigenvalue weighted by Crippen LogP contribution is -2.05. The van der Waals surface area contributed by atoms with E-state index in [9.17, 15) is 0 Å².